The molecular formula is C28H21ClN4O5. The summed E-state index contributed by atoms with van der Waals surface area (Å²) in [4.78, 5) is 55.0. The van der Waals surface area contributed by atoms with Gasteiger partial charge in [-0.05, 0) is 28.8 Å². The van der Waals surface area contributed by atoms with Crippen molar-refractivity contribution < 1.29 is 19.3 Å². The van der Waals surface area contributed by atoms with Gasteiger partial charge in [-0.25, -0.2) is 0 Å². The van der Waals surface area contributed by atoms with Crippen LogP contribution in [0.4, 0.5) is 11.4 Å². The van der Waals surface area contributed by atoms with Crippen molar-refractivity contribution in [2.24, 2.45) is 11.8 Å². The topological polar surface area (TPSA) is 113 Å². The van der Waals surface area contributed by atoms with Gasteiger partial charge in [0.2, 0.25) is 17.7 Å². The van der Waals surface area contributed by atoms with Crippen LogP contribution in [-0.4, -0.2) is 38.5 Å². The molecule has 3 amide bonds. The second-order valence-corrected chi connectivity index (χ2v) is 9.90. The Hall–Kier alpha value is -4.50. The molecule has 3 aliphatic heterocycles. The molecule has 190 valence electrons. The summed E-state index contributed by atoms with van der Waals surface area (Å²) in [6.07, 6.45) is 3.59. The molecule has 4 unspecified atom stereocenters. The number of hydrogen-bond donors (Lipinski definition) is 1. The van der Waals surface area contributed by atoms with Gasteiger partial charge in [0.25, 0.3) is 5.69 Å². The lowest BCUT2D eigenvalue weighted by molar-refractivity contribution is -0.384. The van der Waals surface area contributed by atoms with Crippen molar-refractivity contribution in [3.8, 4) is 0 Å². The summed E-state index contributed by atoms with van der Waals surface area (Å²) >= 11 is 6.24. The van der Waals surface area contributed by atoms with Crippen LogP contribution < -0.4 is 5.32 Å². The first-order chi connectivity index (χ1) is 18.3. The molecule has 4 atom stereocenters. The zero-order valence-electron chi connectivity index (χ0n) is 19.9. The Morgan fingerprint density at radius 1 is 0.974 bits per heavy atom. The third kappa shape index (κ3) is 3.74. The number of imide groups is 1. The van der Waals surface area contributed by atoms with E-state index in [9.17, 15) is 24.5 Å². The average molecular weight is 529 g/mol. The molecule has 9 nitrogen and oxygen atoms in total. The van der Waals surface area contributed by atoms with E-state index >= 15 is 0 Å². The van der Waals surface area contributed by atoms with Crippen LogP contribution in [0.5, 0.6) is 0 Å². The van der Waals surface area contributed by atoms with E-state index in [-0.39, 0.29) is 28.8 Å². The first-order valence-corrected chi connectivity index (χ1v) is 12.4. The molecule has 0 radical (unpaired) electrons. The normalized spacial score (nSPS) is 23.2. The summed E-state index contributed by atoms with van der Waals surface area (Å²) < 4.78 is 0. The van der Waals surface area contributed by atoms with Gasteiger partial charge >= 0.3 is 0 Å². The number of rotatable bonds is 5. The van der Waals surface area contributed by atoms with Crippen LogP contribution in [0, 0.1) is 22.0 Å². The van der Waals surface area contributed by atoms with Crippen molar-refractivity contribution in [2.75, 3.05) is 5.32 Å². The van der Waals surface area contributed by atoms with E-state index in [0.717, 1.165) is 16.7 Å². The fourth-order valence-electron chi connectivity index (χ4n) is 5.77. The SMILES string of the molecule is O=C(Nc1cc([N+](=O)[O-])ccc1Cl)C1C2C(=O)N(Cc3ccccc3)C(=O)C2C2c3ccccc3C=CN12. The maximum Gasteiger partial charge on any atom is 0.271 e. The van der Waals surface area contributed by atoms with E-state index in [2.05, 4.69) is 5.32 Å². The molecule has 0 aliphatic carbocycles. The Balaban J connectivity index is 1.40. The molecule has 0 aromatic heterocycles. The van der Waals surface area contributed by atoms with Crippen molar-refractivity contribution in [1.82, 2.24) is 9.80 Å². The predicted molar refractivity (Wildman–Crippen MR) is 140 cm³/mol. The van der Waals surface area contributed by atoms with Gasteiger partial charge < -0.3 is 10.2 Å². The van der Waals surface area contributed by atoms with Crippen LogP contribution in [0.1, 0.15) is 22.7 Å². The molecule has 1 N–H and O–H groups in total. The largest absolute Gasteiger partial charge is 0.357 e. The van der Waals surface area contributed by atoms with Crippen molar-refractivity contribution in [1.29, 1.82) is 0 Å². The molecule has 3 aromatic rings. The minimum absolute atomic E-state index is 0.0603. The Morgan fingerprint density at radius 3 is 2.45 bits per heavy atom. The number of nitro benzene ring substituents is 1. The van der Waals surface area contributed by atoms with Gasteiger partial charge in [-0.2, -0.15) is 0 Å². The molecular weight excluding hydrogens is 508 g/mol. The summed E-state index contributed by atoms with van der Waals surface area (Å²) in [6, 6.07) is 19.0. The van der Waals surface area contributed by atoms with Crippen molar-refractivity contribution in [2.45, 2.75) is 18.6 Å². The van der Waals surface area contributed by atoms with Crippen LogP contribution >= 0.6 is 11.6 Å². The maximum atomic E-state index is 13.8. The highest BCUT2D eigenvalue weighted by molar-refractivity contribution is 6.34. The lowest BCUT2D eigenvalue weighted by Crippen LogP contribution is -2.46. The van der Waals surface area contributed by atoms with Gasteiger partial charge in [0.15, 0.2) is 0 Å². The van der Waals surface area contributed by atoms with Crippen molar-refractivity contribution >= 4 is 46.8 Å². The number of hydrogen-bond acceptors (Lipinski definition) is 6. The number of anilines is 1. The number of fused-ring (bicyclic) bond motifs is 5. The van der Waals surface area contributed by atoms with Crippen LogP contribution in [0.2, 0.25) is 5.02 Å². The molecule has 2 saturated heterocycles. The molecule has 0 bridgehead atoms. The average Bonchev–Trinajstić information content (AvgIpc) is 3.39. The number of nitrogens with zero attached hydrogens (tertiary/aromatic N) is 3. The van der Waals surface area contributed by atoms with Crippen molar-refractivity contribution in [3.63, 3.8) is 0 Å². The minimum atomic E-state index is -1.03. The number of nitro groups is 1. The van der Waals surface area contributed by atoms with Crippen molar-refractivity contribution in [3.05, 3.63) is 111 Å². The monoisotopic (exact) mass is 528 g/mol. The molecule has 0 spiro atoms. The smallest absolute Gasteiger partial charge is 0.271 e. The zero-order chi connectivity index (χ0) is 26.6. The summed E-state index contributed by atoms with van der Waals surface area (Å²) in [5.41, 5.74) is 2.40. The molecule has 38 heavy (non-hydrogen) atoms. The summed E-state index contributed by atoms with van der Waals surface area (Å²) in [5.74, 6) is -3.03. The molecule has 2 fully saturated rings. The van der Waals surface area contributed by atoms with Crippen LogP contribution in [0.3, 0.4) is 0 Å². The van der Waals surface area contributed by atoms with E-state index < -0.39 is 40.7 Å². The molecule has 0 saturated carbocycles. The molecule has 3 aliphatic rings. The van der Waals surface area contributed by atoms with Gasteiger partial charge in [-0.3, -0.25) is 29.4 Å². The molecule has 10 heteroatoms. The predicted octanol–water partition coefficient (Wildman–Crippen LogP) is 4.40. The Morgan fingerprint density at radius 2 is 1.68 bits per heavy atom. The van der Waals surface area contributed by atoms with E-state index in [1.54, 1.807) is 11.1 Å². The second kappa shape index (κ2) is 9.11. The number of non-ortho nitro benzene ring substituents is 1. The van der Waals surface area contributed by atoms with E-state index in [1.165, 1.54) is 23.1 Å². The van der Waals surface area contributed by atoms with Crippen LogP contribution in [0.15, 0.2) is 79.0 Å². The number of carbonyl (C=O) groups excluding carboxylic acids is 3. The number of amides is 3. The number of carbonyl (C=O) groups is 3. The highest BCUT2D eigenvalue weighted by atomic mass is 35.5. The Kier molecular flexibility index (Phi) is 5.72. The fourth-order valence-corrected chi connectivity index (χ4v) is 5.93. The second-order valence-electron chi connectivity index (χ2n) is 9.49. The first kappa shape index (κ1) is 23.9. The number of halogens is 1. The summed E-state index contributed by atoms with van der Waals surface area (Å²) in [7, 11) is 0. The zero-order valence-corrected chi connectivity index (χ0v) is 20.6. The van der Waals surface area contributed by atoms with Gasteiger partial charge in [0.05, 0.1) is 40.1 Å². The van der Waals surface area contributed by atoms with Gasteiger partial charge in [0, 0.05) is 18.3 Å². The van der Waals surface area contributed by atoms with Crippen LogP contribution in [-0.2, 0) is 20.9 Å². The standard InChI is InChI=1S/C28H21ClN4O5/c29-20-11-10-18(33(37)38)14-21(20)30-26(34)25-23-22(24-19-9-5-4-8-17(19)12-13-31(24)25)27(35)32(28(23)36)15-16-6-2-1-3-7-16/h1-14,22-25H,15H2,(H,30,34). The van der Waals surface area contributed by atoms with Crippen LogP contribution in [0.25, 0.3) is 6.08 Å². The highest BCUT2D eigenvalue weighted by Crippen LogP contribution is 2.53. The maximum absolute atomic E-state index is 13.8. The van der Waals surface area contributed by atoms with E-state index in [1.807, 2.05) is 60.7 Å². The number of nitrogens with one attached hydrogen (secondary N) is 1. The summed E-state index contributed by atoms with van der Waals surface area (Å²) in [5, 5.41) is 14.1. The van der Waals surface area contributed by atoms with Gasteiger partial charge in [0.1, 0.15) is 6.04 Å². The Labute approximate surface area is 222 Å². The lowest BCUT2D eigenvalue weighted by atomic mass is 9.84. The molecule has 3 heterocycles. The van der Waals surface area contributed by atoms with Gasteiger partial charge in [-0.15, -0.1) is 0 Å². The fraction of sp³-hybridized carbons (Fsp3) is 0.179. The lowest BCUT2D eigenvalue weighted by Gasteiger charge is -2.35. The highest BCUT2D eigenvalue weighted by Gasteiger charge is 2.64. The minimum Gasteiger partial charge on any atom is -0.357 e. The Bertz CT molecular complexity index is 1520. The summed E-state index contributed by atoms with van der Waals surface area (Å²) in [6.45, 7) is 0.112. The number of likely N-dealkylation sites (tertiary alicyclic amines) is 1. The van der Waals surface area contributed by atoms with Gasteiger partial charge in [-0.1, -0.05) is 66.2 Å². The van der Waals surface area contributed by atoms with E-state index in [4.69, 9.17) is 11.6 Å². The first-order valence-electron chi connectivity index (χ1n) is 12.0. The molecule has 3 aromatic carbocycles. The quantitative estimate of drug-likeness (QED) is 0.298. The molecule has 6 rings (SSSR count). The third-order valence-corrected chi connectivity index (χ3v) is 7.75. The number of benzene rings is 3. The van der Waals surface area contributed by atoms with E-state index in [0.29, 0.717) is 0 Å². The third-order valence-electron chi connectivity index (χ3n) is 7.42.